The number of hydrogen-bond donors (Lipinski definition) is 2. The monoisotopic (exact) mass is 326 g/mol. The summed E-state index contributed by atoms with van der Waals surface area (Å²) in [6, 6.07) is 0.400. The summed E-state index contributed by atoms with van der Waals surface area (Å²) in [6.07, 6.45) is 16.4. The van der Waals surface area contributed by atoms with E-state index < -0.39 is 0 Å². The molecule has 0 aliphatic carbocycles. The fourth-order valence-electron chi connectivity index (χ4n) is 3.67. The second-order valence-electron chi connectivity index (χ2n) is 7.21. The molecular formula is C20H42N2O. The van der Waals surface area contributed by atoms with Crippen LogP contribution in [0.4, 0.5) is 0 Å². The van der Waals surface area contributed by atoms with E-state index in [0.29, 0.717) is 12.0 Å². The van der Waals surface area contributed by atoms with Crippen LogP contribution in [-0.4, -0.2) is 17.5 Å². The molecule has 0 heterocycles. The smallest absolute Gasteiger partial charge is 0.0497 e. The maximum atomic E-state index is 8.84. The molecule has 0 amide bonds. The van der Waals surface area contributed by atoms with Crippen molar-refractivity contribution >= 4 is 6.21 Å². The predicted octanol–water partition coefficient (Wildman–Crippen LogP) is 6.14. The van der Waals surface area contributed by atoms with Gasteiger partial charge in [0.15, 0.2) is 0 Å². The summed E-state index contributed by atoms with van der Waals surface area (Å²) >= 11 is 0. The van der Waals surface area contributed by atoms with Crippen molar-refractivity contribution < 1.29 is 5.21 Å². The minimum atomic E-state index is 0.108. The highest BCUT2D eigenvalue weighted by Gasteiger charge is 2.23. The van der Waals surface area contributed by atoms with Crippen LogP contribution >= 0.6 is 0 Å². The van der Waals surface area contributed by atoms with Gasteiger partial charge in [-0.2, -0.15) is 0 Å². The van der Waals surface area contributed by atoms with Crippen LogP contribution < -0.4 is 5.73 Å². The highest BCUT2D eigenvalue weighted by atomic mass is 16.4. The molecule has 0 aliphatic rings. The lowest BCUT2D eigenvalue weighted by Gasteiger charge is -2.26. The summed E-state index contributed by atoms with van der Waals surface area (Å²) in [7, 11) is 0. The Kier molecular flexibility index (Phi) is 13.5. The summed E-state index contributed by atoms with van der Waals surface area (Å²) in [5.41, 5.74) is 6.38. The lowest BCUT2D eigenvalue weighted by molar-refractivity contribution is 0.294. The first-order valence-electron chi connectivity index (χ1n) is 10.0. The zero-order chi connectivity index (χ0) is 17.6. The Balaban J connectivity index is 3.70. The summed E-state index contributed by atoms with van der Waals surface area (Å²) in [5.74, 6) is 0.708. The van der Waals surface area contributed by atoms with E-state index in [9.17, 15) is 0 Å². The molecule has 0 aromatic heterocycles. The fraction of sp³-hybridized carbons (Fsp3) is 0.950. The maximum Gasteiger partial charge on any atom is 0.0497 e. The van der Waals surface area contributed by atoms with Crippen LogP contribution in [0.2, 0.25) is 0 Å². The van der Waals surface area contributed by atoms with Crippen molar-refractivity contribution in [1.82, 2.24) is 0 Å². The molecule has 0 aliphatic heterocycles. The third kappa shape index (κ3) is 9.34. The average Bonchev–Trinajstić information content (AvgIpc) is 2.57. The zero-order valence-corrected chi connectivity index (χ0v) is 16.2. The first kappa shape index (κ1) is 22.4. The Bertz CT molecular complexity index is 283. The molecule has 1 unspecified atom stereocenters. The predicted molar refractivity (Wildman–Crippen MR) is 102 cm³/mol. The van der Waals surface area contributed by atoms with Crippen molar-refractivity contribution in [2.75, 3.05) is 0 Å². The number of rotatable bonds is 15. The summed E-state index contributed by atoms with van der Waals surface area (Å²) < 4.78 is 0. The molecule has 0 rings (SSSR count). The van der Waals surface area contributed by atoms with E-state index in [2.05, 4.69) is 32.9 Å². The normalized spacial score (nSPS) is 14.0. The minimum absolute atomic E-state index is 0.108. The third-order valence-electron chi connectivity index (χ3n) is 5.86. The van der Waals surface area contributed by atoms with E-state index in [1.807, 2.05) is 0 Å². The highest BCUT2D eigenvalue weighted by Crippen LogP contribution is 2.31. The van der Waals surface area contributed by atoms with Gasteiger partial charge in [-0.3, -0.25) is 0 Å². The average molecular weight is 327 g/mol. The van der Waals surface area contributed by atoms with Crippen LogP contribution in [0.15, 0.2) is 5.16 Å². The topological polar surface area (TPSA) is 58.6 Å². The second-order valence-corrected chi connectivity index (χ2v) is 7.21. The van der Waals surface area contributed by atoms with Crippen molar-refractivity contribution in [3.05, 3.63) is 0 Å². The summed E-state index contributed by atoms with van der Waals surface area (Å²) in [5, 5.41) is 12.1. The first-order valence-corrected chi connectivity index (χ1v) is 10.0. The van der Waals surface area contributed by atoms with Crippen molar-refractivity contribution in [2.24, 2.45) is 22.2 Å². The van der Waals surface area contributed by atoms with E-state index in [1.165, 1.54) is 57.8 Å². The van der Waals surface area contributed by atoms with Gasteiger partial charge in [-0.05, 0) is 31.6 Å². The van der Waals surface area contributed by atoms with E-state index in [4.69, 9.17) is 10.9 Å². The van der Waals surface area contributed by atoms with Crippen molar-refractivity contribution in [3.8, 4) is 0 Å². The Labute approximate surface area is 145 Å². The molecule has 0 radical (unpaired) electrons. The Morgan fingerprint density at radius 2 is 1.43 bits per heavy atom. The minimum Gasteiger partial charge on any atom is -0.411 e. The van der Waals surface area contributed by atoms with Crippen molar-refractivity contribution in [3.63, 3.8) is 0 Å². The van der Waals surface area contributed by atoms with Gasteiger partial charge in [-0.1, -0.05) is 79.1 Å². The van der Waals surface area contributed by atoms with Gasteiger partial charge in [0.2, 0.25) is 0 Å². The van der Waals surface area contributed by atoms with Crippen LogP contribution in [-0.2, 0) is 0 Å². The summed E-state index contributed by atoms with van der Waals surface area (Å²) in [4.78, 5) is 0. The number of hydrogen-bond acceptors (Lipinski definition) is 3. The molecule has 0 saturated heterocycles. The van der Waals surface area contributed by atoms with E-state index >= 15 is 0 Å². The molecule has 0 bridgehead atoms. The Morgan fingerprint density at radius 3 is 1.91 bits per heavy atom. The van der Waals surface area contributed by atoms with Crippen LogP contribution in [0.3, 0.4) is 0 Å². The number of unbranched alkanes of at least 4 members (excludes halogenated alkanes) is 5. The quantitative estimate of drug-likeness (QED) is 0.164. The molecule has 0 saturated carbocycles. The van der Waals surface area contributed by atoms with Gasteiger partial charge < -0.3 is 10.9 Å². The first-order chi connectivity index (χ1) is 11.1. The molecule has 23 heavy (non-hydrogen) atoms. The van der Waals surface area contributed by atoms with Gasteiger partial charge >= 0.3 is 0 Å². The lowest BCUT2D eigenvalue weighted by Crippen LogP contribution is -2.29. The second kappa shape index (κ2) is 13.8. The summed E-state index contributed by atoms with van der Waals surface area (Å²) in [6.45, 7) is 8.88. The fourth-order valence-corrected chi connectivity index (χ4v) is 3.67. The van der Waals surface area contributed by atoms with Crippen LogP contribution in [0.25, 0.3) is 0 Å². The van der Waals surface area contributed by atoms with Gasteiger partial charge in [-0.15, -0.1) is 5.16 Å². The molecule has 138 valence electrons. The lowest BCUT2D eigenvalue weighted by atomic mass is 9.79. The standard InChI is InChI=1S/C20H42N2O/c1-5-18(6-2)19(21)15-13-11-9-10-12-14-16-20(7-3,8-4)17-22-23/h17-19,23H,5-16,21H2,1-4H3. The van der Waals surface area contributed by atoms with Crippen molar-refractivity contribution in [1.29, 1.82) is 0 Å². The van der Waals surface area contributed by atoms with E-state index in [-0.39, 0.29) is 5.41 Å². The van der Waals surface area contributed by atoms with Gasteiger partial charge in [0.25, 0.3) is 0 Å². The van der Waals surface area contributed by atoms with Gasteiger partial charge in [0.1, 0.15) is 0 Å². The van der Waals surface area contributed by atoms with Crippen LogP contribution in [0, 0.1) is 11.3 Å². The Morgan fingerprint density at radius 1 is 0.913 bits per heavy atom. The number of nitrogens with zero attached hydrogens (tertiary/aromatic N) is 1. The molecule has 0 aromatic rings. The maximum absolute atomic E-state index is 8.84. The van der Waals surface area contributed by atoms with Gasteiger partial charge in [0.05, 0.1) is 0 Å². The molecule has 0 fully saturated rings. The molecule has 1 atom stereocenters. The molecule has 0 aromatic carbocycles. The van der Waals surface area contributed by atoms with Crippen LogP contribution in [0.5, 0.6) is 0 Å². The number of nitrogens with two attached hydrogens (primary N) is 1. The molecule has 3 N–H and O–H groups in total. The third-order valence-corrected chi connectivity index (χ3v) is 5.86. The van der Waals surface area contributed by atoms with Gasteiger partial charge in [-0.25, -0.2) is 0 Å². The van der Waals surface area contributed by atoms with Crippen molar-refractivity contribution in [2.45, 2.75) is 111 Å². The molecule has 0 spiro atoms. The largest absolute Gasteiger partial charge is 0.411 e. The SMILES string of the molecule is CCC(CC)C(N)CCCCCCCCC(C=NO)(CC)CC. The van der Waals surface area contributed by atoms with E-state index in [1.54, 1.807) is 6.21 Å². The number of oxime groups is 1. The molecule has 3 nitrogen and oxygen atoms in total. The zero-order valence-electron chi connectivity index (χ0n) is 16.2. The molecule has 3 heteroatoms. The Hall–Kier alpha value is -0.570. The highest BCUT2D eigenvalue weighted by molar-refractivity contribution is 5.64. The van der Waals surface area contributed by atoms with E-state index in [0.717, 1.165) is 19.3 Å². The van der Waals surface area contributed by atoms with Crippen LogP contribution in [0.1, 0.15) is 105 Å². The molecular weight excluding hydrogens is 284 g/mol. The van der Waals surface area contributed by atoms with Gasteiger partial charge in [0, 0.05) is 17.7 Å².